The molecule has 3 aromatic carbocycles. The van der Waals surface area contributed by atoms with Crippen molar-refractivity contribution in [3.63, 3.8) is 0 Å². The molecular weight excluding hydrogens is 450 g/mol. The van der Waals surface area contributed by atoms with Gasteiger partial charge in [0, 0.05) is 42.3 Å². The highest BCUT2D eigenvalue weighted by Gasteiger charge is 2.12. The fourth-order valence-electron chi connectivity index (χ4n) is 3.18. The monoisotopic (exact) mass is 471 g/mol. The number of nitrogens with one attached hydrogen (secondary N) is 1. The normalized spacial score (nSPS) is 11.0. The maximum absolute atomic E-state index is 12.2. The minimum absolute atomic E-state index is 0.0709. The average Bonchev–Trinajstić information content (AvgIpc) is 3.23. The summed E-state index contributed by atoms with van der Waals surface area (Å²) in [4.78, 5) is 22.6. The third-order valence-electron chi connectivity index (χ3n) is 4.99. The molecule has 1 aromatic heterocycles. The summed E-state index contributed by atoms with van der Waals surface area (Å²) in [5, 5.41) is 22.9. The highest BCUT2D eigenvalue weighted by atomic mass is 32.2. The van der Waals surface area contributed by atoms with Crippen LogP contribution in [0.5, 0.6) is 0 Å². The molecule has 0 aliphatic heterocycles. The molecule has 8 nitrogen and oxygen atoms in total. The summed E-state index contributed by atoms with van der Waals surface area (Å²) in [6.45, 7) is 0. The summed E-state index contributed by atoms with van der Waals surface area (Å²) in [5.41, 5.74) is 3.54. The summed E-state index contributed by atoms with van der Waals surface area (Å²) < 4.78 is 1.90. The second-order valence-electron chi connectivity index (χ2n) is 7.39. The molecule has 0 unspecified atom stereocenters. The summed E-state index contributed by atoms with van der Waals surface area (Å²) in [6, 6.07) is 23.5. The van der Waals surface area contributed by atoms with E-state index >= 15 is 0 Å². The molecule has 0 fully saturated rings. The number of anilines is 1. The number of thioether (sulfide) groups is 1. The maximum Gasteiger partial charge on any atom is 0.269 e. The number of nitrogens with zero attached hydrogens (tertiary/aromatic N) is 4. The zero-order valence-corrected chi connectivity index (χ0v) is 19.1. The van der Waals surface area contributed by atoms with Crippen LogP contribution >= 0.6 is 11.8 Å². The van der Waals surface area contributed by atoms with Gasteiger partial charge in [-0.05, 0) is 41.5 Å². The molecule has 0 atom stereocenters. The van der Waals surface area contributed by atoms with Crippen LogP contribution in [-0.2, 0) is 17.6 Å². The van der Waals surface area contributed by atoms with Gasteiger partial charge in [0.15, 0.2) is 11.0 Å². The summed E-state index contributed by atoms with van der Waals surface area (Å²) in [5.74, 6) is 1.11. The van der Waals surface area contributed by atoms with E-state index in [2.05, 4.69) is 15.5 Å². The van der Waals surface area contributed by atoms with E-state index in [0.29, 0.717) is 17.3 Å². The predicted molar refractivity (Wildman–Crippen MR) is 133 cm³/mol. The Bertz CT molecular complexity index is 1320. The number of benzene rings is 3. The van der Waals surface area contributed by atoms with Crippen LogP contribution in [0.2, 0.25) is 0 Å². The van der Waals surface area contributed by atoms with Gasteiger partial charge in [-0.25, -0.2) is 0 Å². The van der Waals surface area contributed by atoms with Crippen LogP contribution in [0, 0.1) is 10.1 Å². The van der Waals surface area contributed by atoms with E-state index in [0.717, 1.165) is 21.8 Å². The largest absolute Gasteiger partial charge is 0.323 e. The van der Waals surface area contributed by atoms with E-state index in [-0.39, 0.29) is 11.6 Å². The Morgan fingerprint density at radius 1 is 1.03 bits per heavy atom. The highest BCUT2D eigenvalue weighted by molar-refractivity contribution is 7.98. The molecule has 0 saturated carbocycles. The number of rotatable bonds is 8. The quantitative estimate of drug-likeness (QED) is 0.161. The van der Waals surface area contributed by atoms with Gasteiger partial charge in [-0.15, -0.1) is 10.2 Å². The van der Waals surface area contributed by atoms with Crippen LogP contribution in [-0.4, -0.2) is 25.6 Å². The maximum atomic E-state index is 12.2. The lowest BCUT2D eigenvalue weighted by Crippen LogP contribution is -2.07. The zero-order valence-electron chi connectivity index (χ0n) is 18.3. The molecule has 0 aliphatic rings. The van der Waals surface area contributed by atoms with Gasteiger partial charge >= 0.3 is 0 Å². The molecule has 0 spiro atoms. The number of hydrogen-bond acceptors (Lipinski definition) is 6. The van der Waals surface area contributed by atoms with Crippen LogP contribution in [0.4, 0.5) is 11.4 Å². The van der Waals surface area contributed by atoms with Crippen molar-refractivity contribution < 1.29 is 9.72 Å². The van der Waals surface area contributed by atoms with Crippen molar-refractivity contribution in [2.45, 2.75) is 10.9 Å². The molecule has 9 heteroatoms. The molecular formula is C25H21N5O3S. The Hall–Kier alpha value is -4.24. The lowest BCUT2D eigenvalue weighted by atomic mass is 10.2. The topological polar surface area (TPSA) is 103 Å². The van der Waals surface area contributed by atoms with E-state index < -0.39 is 4.92 Å². The number of carbonyl (C=O) groups is 1. The first-order valence-electron chi connectivity index (χ1n) is 10.4. The van der Waals surface area contributed by atoms with Crippen LogP contribution in [0.25, 0.3) is 17.5 Å². The molecule has 4 aromatic rings. The van der Waals surface area contributed by atoms with Crippen molar-refractivity contribution in [3.8, 4) is 11.4 Å². The number of nitro benzene ring substituents is 1. The number of carbonyl (C=O) groups excluding carboxylic acids is 1. The molecule has 0 radical (unpaired) electrons. The standard InChI is InChI=1S/C25H21N5O3S/c1-29-24(27-28-25(29)34-17-19-7-14-22(15-8-19)30(32)33)20-10-12-21(13-11-20)26-23(31)16-9-18-5-3-2-4-6-18/h2-16H,17H2,1H3,(H,26,31)/b16-9+. The van der Waals surface area contributed by atoms with Crippen LogP contribution < -0.4 is 5.32 Å². The first kappa shape index (κ1) is 22.9. The summed E-state index contributed by atoms with van der Waals surface area (Å²) >= 11 is 1.50. The lowest BCUT2D eigenvalue weighted by molar-refractivity contribution is -0.384. The minimum Gasteiger partial charge on any atom is -0.323 e. The van der Waals surface area contributed by atoms with Gasteiger partial charge in [0.2, 0.25) is 5.91 Å². The lowest BCUT2D eigenvalue weighted by Gasteiger charge is -2.06. The second-order valence-corrected chi connectivity index (χ2v) is 8.33. The van der Waals surface area contributed by atoms with Crippen molar-refractivity contribution in [2.75, 3.05) is 5.32 Å². The fourth-order valence-corrected chi connectivity index (χ4v) is 4.04. The van der Waals surface area contributed by atoms with E-state index in [1.54, 1.807) is 18.2 Å². The van der Waals surface area contributed by atoms with Crippen molar-refractivity contribution in [1.82, 2.24) is 14.8 Å². The van der Waals surface area contributed by atoms with Gasteiger partial charge < -0.3 is 9.88 Å². The fraction of sp³-hybridized carbons (Fsp3) is 0.0800. The van der Waals surface area contributed by atoms with Crippen molar-refractivity contribution >= 4 is 35.1 Å². The van der Waals surface area contributed by atoms with Crippen molar-refractivity contribution in [1.29, 1.82) is 0 Å². The Kier molecular flexibility index (Phi) is 7.14. The first-order chi connectivity index (χ1) is 16.5. The highest BCUT2D eigenvalue weighted by Crippen LogP contribution is 2.26. The number of hydrogen-bond donors (Lipinski definition) is 1. The second kappa shape index (κ2) is 10.6. The molecule has 1 heterocycles. The first-order valence-corrected chi connectivity index (χ1v) is 11.4. The van der Waals surface area contributed by atoms with E-state index in [4.69, 9.17) is 0 Å². The molecule has 0 saturated heterocycles. The zero-order chi connectivity index (χ0) is 23.9. The van der Waals surface area contributed by atoms with Gasteiger partial charge in [-0.2, -0.15) is 0 Å². The predicted octanol–water partition coefficient (Wildman–Crippen LogP) is 5.33. The number of aromatic nitrogens is 3. The SMILES string of the molecule is Cn1c(SCc2ccc([N+](=O)[O-])cc2)nnc1-c1ccc(NC(=O)/C=C/c2ccccc2)cc1. The summed E-state index contributed by atoms with van der Waals surface area (Å²) in [7, 11) is 1.89. The van der Waals surface area contributed by atoms with Crippen LogP contribution in [0.1, 0.15) is 11.1 Å². The van der Waals surface area contributed by atoms with Gasteiger partial charge in [0.1, 0.15) is 0 Å². The number of non-ortho nitro benzene ring substituents is 1. The van der Waals surface area contributed by atoms with Crippen molar-refractivity contribution in [3.05, 3.63) is 106 Å². The Balaban J connectivity index is 1.37. The van der Waals surface area contributed by atoms with Gasteiger partial charge in [-0.1, -0.05) is 54.2 Å². The third-order valence-corrected chi connectivity index (χ3v) is 6.08. The number of amides is 1. The van der Waals surface area contributed by atoms with Crippen LogP contribution in [0.15, 0.2) is 90.1 Å². The van der Waals surface area contributed by atoms with Crippen molar-refractivity contribution in [2.24, 2.45) is 7.05 Å². The molecule has 4 rings (SSSR count). The Morgan fingerprint density at radius 2 is 1.74 bits per heavy atom. The van der Waals surface area contributed by atoms with Gasteiger partial charge in [-0.3, -0.25) is 14.9 Å². The summed E-state index contributed by atoms with van der Waals surface area (Å²) in [6.07, 6.45) is 3.26. The van der Waals surface area contributed by atoms with E-state index in [1.165, 1.54) is 30.0 Å². The Labute approximate surface area is 200 Å². The van der Waals surface area contributed by atoms with Gasteiger partial charge in [0.05, 0.1) is 4.92 Å². The van der Waals surface area contributed by atoms with E-state index in [1.807, 2.05) is 66.2 Å². The smallest absolute Gasteiger partial charge is 0.269 e. The van der Waals surface area contributed by atoms with E-state index in [9.17, 15) is 14.9 Å². The molecule has 34 heavy (non-hydrogen) atoms. The molecule has 0 bridgehead atoms. The molecule has 0 aliphatic carbocycles. The molecule has 1 N–H and O–H groups in total. The average molecular weight is 472 g/mol. The molecule has 170 valence electrons. The third kappa shape index (κ3) is 5.76. The number of nitro groups is 1. The van der Waals surface area contributed by atoms with Gasteiger partial charge in [0.25, 0.3) is 5.69 Å². The van der Waals surface area contributed by atoms with Crippen LogP contribution in [0.3, 0.4) is 0 Å². The minimum atomic E-state index is -0.413. The molecule has 1 amide bonds. The Morgan fingerprint density at radius 3 is 2.41 bits per heavy atom.